The number of para-hydroxylation sites is 1. The molecule has 1 aromatic carbocycles. The fraction of sp³-hybridized carbons (Fsp3) is 0.0625. The maximum Gasteiger partial charge on any atom is 0.355 e. The minimum absolute atomic E-state index is 0.126. The lowest BCUT2D eigenvalue weighted by atomic mass is 10.2. The smallest absolute Gasteiger partial charge is 0.355 e. The van der Waals surface area contributed by atoms with Crippen molar-refractivity contribution in [2.75, 3.05) is 6.61 Å². The fourth-order valence-corrected chi connectivity index (χ4v) is 3.06. The van der Waals surface area contributed by atoms with Crippen LogP contribution in [0.4, 0.5) is 0 Å². The Bertz CT molecular complexity index is 1120. The monoisotopic (exact) mass is 370 g/mol. The topological polar surface area (TPSA) is 149 Å². The number of H-pyrrole nitrogens is 2. The van der Waals surface area contributed by atoms with E-state index in [9.17, 15) is 24.8 Å². The molecule has 2 heterocycles. The van der Waals surface area contributed by atoms with Gasteiger partial charge in [-0.25, -0.2) is 14.6 Å². The Labute approximate surface area is 148 Å². The van der Waals surface area contributed by atoms with E-state index in [0.717, 1.165) is 10.8 Å². The summed E-state index contributed by atoms with van der Waals surface area (Å²) < 4.78 is 5.67. The number of carbonyl (C=O) groups is 1. The van der Waals surface area contributed by atoms with E-state index in [2.05, 4.69) is 9.97 Å². The molecule has 9 nitrogen and oxygen atoms in total. The minimum atomic E-state index is -1.03. The summed E-state index contributed by atoms with van der Waals surface area (Å²) in [6.45, 7) is -0.619. The number of fused-ring (bicyclic) bond motifs is 1. The van der Waals surface area contributed by atoms with Crippen LogP contribution in [0.3, 0.4) is 0 Å². The van der Waals surface area contributed by atoms with Crippen LogP contribution >= 0.6 is 11.3 Å². The van der Waals surface area contributed by atoms with Crippen LogP contribution in [-0.4, -0.2) is 32.6 Å². The SMILES string of the molecule is N#C/C(=C(/O)COC(=O)c1cc(=O)[nH]c(=O)[nH]1)c1nc2ccccc2s1. The van der Waals surface area contributed by atoms with Crippen LogP contribution < -0.4 is 11.2 Å². The van der Waals surface area contributed by atoms with Crippen molar-refractivity contribution in [2.45, 2.75) is 0 Å². The summed E-state index contributed by atoms with van der Waals surface area (Å²) >= 11 is 1.21. The lowest BCUT2D eigenvalue weighted by Gasteiger charge is -2.05. The average Bonchev–Trinajstić information content (AvgIpc) is 3.03. The van der Waals surface area contributed by atoms with Crippen LogP contribution in [-0.2, 0) is 4.74 Å². The Kier molecular flexibility index (Phi) is 4.64. The quantitative estimate of drug-likeness (QED) is 0.356. The number of nitrogens with zero attached hydrogens (tertiary/aromatic N) is 2. The van der Waals surface area contributed by atoms with Gasteiger partial charge in [-0.15, -0.1) is 11.3 Å². The van der Waals surface area contributed by atoms with Crippen molar-refractivity contribution < 1.29 is 14.6 Å². The number of hydrogen-bond acceptors (Lipinski definition) is 8. The second-order valence-electron chi connectivity index (χ2n) is 5.00. The normalized spacial score (nSPS) is 11.7. The van der Waals surface area contributed by atoms with E-state index in [1.54, 1.807) is 12.1 Å². The fourth-order valence-electron chi connectivity index (χ4n) is 2.08. The Hall–Kier alpha value is -3.71. The minimum Gasteiger partial charge on any atom is -0.507 e. The Morgan fingerprint density at radius 2 is 2.08 bits per heavy atom. The number of aromatic amines is 2. The molecule has 130 valence electrons. The van der Waals surface area contributed by atoms with Crippen molar-refractivity contribution in [3.8, 4) is 6.07 Å². The van der Waals surface area contributed by atoms with Gasteiger partial charge in [0.25, 0.3) is 5.56 Å². The molecule has 0 spiro atoms. The number of rotatable bonds is 4. The molecule has 0 atom stereocenters. The molecule has 0 fully saturated rings. The Morgan fingerprint density at radius 1 is 1.31 bits per heavy atom. The van der Waals surface area contributed by atoms with Gasteiger partial charge in [-0.2, -0.15) is 5.26 Å². The number of nitrogens with one attached hydrogen (secondary N) is 2. The van der Waals surface area contributed by atoms with Gasteiger partial charge in [-0.05, 0) is 12.1 Å². The molecule has 0 aliphatic heterocycles. The van der Waals surface area contributed by atoms with Gasteiger partial charge in [0, 0.05) is 6.07 Å². The lowest BCUT2D eigenvalue weighted by Crippen LogP contribution is -2.25. The van der Waals surface area contributed by atoms with Gasteiger partial charge in [0.2, 0.25) is 0 Å². The summed E-state index contributed by atoms with van der Waals surface area (Å²) in [7, 11) is 0. The predicted octanol–water partition coefficient (Wildman–Crippen LogP) is 1.32. The van der Waals surface area contributed by atoms with Gasteiger partial charge in [0.1, 0.15) is 29.0 Å². The van der Waals surface area contributed by atoms with Crippen molar-refractivity contribution in [2.24, 2.45) is 0 Å². The zero-order valence-corrected chi connectivity index (χ0v) is 13.8. The first kappa shape index (κ1) is 17.1. The van der Waals surface area contributed by atoms with Crippen molar-refractivity contribution in [3.05, 3.63) is 67.6 Å². The van der Waals surface area contributed by atoms with Crippen molar-refractivity contribution in [3.63, 3.8) is 0 Å². The second kappa shape index (κ2) is 7.04. The van der Waals surface area contributed by atoms with E-state index in [4.69, 9.17) is 4.74 Å². The summed E-state index contributed by atoms with van der Waals surface area (Å²) in [4.78, 5) is 42.5. The number of allylic oxidation sites excluding steroid dienone is 1. The van der Waals surface area contributed by atoms with Crippen LogP contribution in [0.1, 0.15) is 15.5 Å². The maximum atomic E-state index is 11.9. The van der Waals surface area contributed by atoms with Gasteiger partial charge < -0.3 is 14.8 Å². The molecule has 2 aromatic heterocycles. The average molecular weight is 370 g/mol. The molecule has 3 aromatic rings. The van der Waals surface area contributed by atoms with E-state index in [1.807, 2.05) is 23.2 Å². The first-order chi connectivity index (χ1) is 12.5. The first-order valence-corrected chi connectivity index (χ1v) is 7.98. The molecule has 3 N–H and O–H groups in total. The number of aliphatic hydroxyl groups excluding tert-OH is 1. The zero-order valence-electron chi connectivity index (χ0n) is 13.0. The van der Waals surface area contributed by atoms with E-state index in [0.29, 0.717) is 5.52 Å². The van der Waals surface area contributed by atoms with Gasteiger partial charge in [-0.1, -0.05) is 12.1 Å². The van der Waals surface area contributed by atoms with Crippen LogP contribution in [0.25, 0.3) is 15.8 Å². The van der Waals surface area contributed by atoms with Crippen molar-refractivity contribution in [1.82, 2.24) is 15.0 Å². The number of thiazole rings is 1. The van der Waals surface area contributed by atoms with Gasteiger partial charge >= 0.3 is 11.7 Å². The summed E-state index contributed by atoms with van der Waals surface area (Å²) in [5, 5.41) is 19.7. The van der Waals surface area contributed by atoms with Crippen molar-refractivity contribution in [1.29, 1.82) is 5.26 Å². The van der Waals surface area contributed by atoms with Crippen LogP contribution in [0.5, 0.6) is 0 Å². The molecule has 0 aliphatic carbocycles. The highest BCUT2D eigenvalue weighted by atomic mass is 32.1. The molecule has 0 unspecified atom stereocenters. The number of aliphatic hydroxyl groups is 1. The molecular formula is C16H10N4O5S. The second-order valence-corrected chi connectivity index (χ2v) is 6.03. The maximum absolute atomic E-state index is 11.9. The van der Waals surface area contributed by atoms with E-state index >= 15 is 0 Å². The molecule has 0 radical (unpaired) electrons. The molecule has 0 aliphatic rings. The largest absolute Gasteiger partial charge is 0.507 e. The van der Waals surface area contributed by atoms with Gasteiger partial charge in [0.15, 0.2) is 5.76 Å². The number of carbonyl (C=O) groups excluding carboxylic acids is 1. The Balaban J connectivity index is 1.83. The molecule has 10 heteroatoms. The number of hydrogen-bond donors (Lipinski definition) is 3. The summed E-state index contributed by atoms with van der Waals surface area (Å²) in [5.41, 5.74) is -1.46. The molecule has 0 saturated heterocycles. The molecule has 26 heavy (non-hydrogen) atoms. The predicted molar refractivity (Wildman–Crippen MR) is 92.7 cm³/mol. The summed E-state index contributed by atoms with van der Waals surface area (Å²) in [6.07, 6.45) is 0. The highest BCUT2D eigenvalue weighted by Gasteiger charge is 2.16. The number of esters is 1. The molecular weight excluding hydrogens is 360 g/mol. The lowest BCUT2D eigenvalue weighted by molar-refractivity contribution is 0.0495. The molecule has 3 rings (SSSR count). The zero-order chi connectivity index (χ0) is 18.7. The van der Waals surface area contributed by atoms with Crippen LogP contribution in [0.15, 0.2) is 45.7 Å². The summed E-state index contributed by atoms with van der Waals surface area (Å²) in [6, 6.07) is 9.90. The summed E-state index contributed by atoms with van der Waals surface area (Å²) in [5.74, 6) is -1.52. The van der Waals surface area contributed by atoms with Crippen LogP contribution in [0, 0.1) is 11.3 Å². The standard InChI is InChI=1S/C16H10N4O5S/c17-6-8(14-18-9-3-1-2-4-12(9)26-14)11(21)7-25-15(23)10-5-13(22)20-16(24)19-10/h1-5,21H,7H2,(H2,19,20,22,24)/b11-8-. The van der Waals surface area contributed by atoms with Gasteiger partial charge in [0.05, 0.1) is 10.2 Å². The van der Waals surface area contributed by atoms with Crippen LogP contribution in [0.2, 0.25) is 0 Å². The highest BCUT2D eigenvalue weighted by Crippen LogP contribution is 2.28. The van der Waals surface area contributed by atoms with Gasteiger partial charge in [-0.3, -0.25) is 9.78 Å². The van der Waals surface area contributed by atoms with E-state index in [1.165, 1.54) is 11.3 Å². The first-order valence-electron chi connectivity index (χ1n) is 7.17. The number of ether oxygens (including phenoxy) is 1. The third kappa shape index (κ3) is 3.52. The molecule has 0 saturated carbocycles. The molecule has 0 bridgehead atoms. The van der Waals surface area contributed by atoms with E-state index in [-0.39, 0.29) is 16.3 Å². The molecule has 0 amide bonds. The van der Waals surface area contributed by atoms with Crippen molar-refractivity contribution >= 4 is 33.1 Å². The number of nitriles is 1. The number of aromatic nitrogens is 3. The number of benzene rings is 1. The Morgan fingerprint density at radius 3 is 2.77 bits per heavy atom. The third-order valence-corrected chi connectivity index (χ3v) is 4.28. The van der Waals surface area contributed by atoms with E-state index < -0.39 is 29.6 Å². The third-order valence-electron chi connectivity index (χ3n) is 3.23. The highest BCUT2D eigenvalue weighted by molar-refractivity contribution is 7.19.